The van der Waals surface area contributed by atoms with Gasteiger partial charge in [0, 0.05) is 6.07 Å². The average molecular weight is 271 g/mol. The SMILES string of the molecule is c1cnn(N2C(n3cnnc3)=NNN2c2ccn[nH]2)c1. The zero-order chi connectivity index (χ0) is 13.4. The third-order valence-electron chi connectivity index (χ3n) is 2.66. The molecule has 0 spiro atoms. The molecule has 4 heterocycles. The van der Waals surface area contributed by atoms with Crippen LogP contribution in [0.1, 0.15) is 0 Å². The summed E-state index contributed by atoms with van der Waals surface area (Å²) in [7, 11) is 0. The number of nitrogens with one attached hydrogen (secondary N) is 2. The first-order valence-electron chi connectivity index (χ1n) is 5.71. The highest BCUT2D eigenvalue weighted by Gasteiger charge is 2.30. The number of hydrazine groups is 2. The number of hydrazone groups is 1. The van der Waals surface area contributed by atoms with Crippen LogP contribution in [0.2, 0.25) is 0 Å². The van der Waals surface area contributed by atoms with Gasteiger partial charge in [0.2, 0.25) is 0 Å². The maximum Gasteiger partial charge on any atom is 0.274 e. The molecule has 0 saturated heterocycles. The molecule has 2 N–H and O–H groups in total. The monoisotopic (exact) mass is 271 g/mol. The fraction of sp³-hybridized carbons (Fsp3) is 0. The normalized spacial score (nSPS) is 14.5. The van der Waals surface area contributed by atoms with Gasteiger partial charge < -0.3 is 0 Å². The van der Waals surface area contributed by atoms with E-state index in [0.717, 1.165) is 0 Å². The van der Waals surface area contributed by atoms with Crippen molar-refractivity contribution in [2.24, 2.45) is 5.10 Å². The van der Waals surface area contributed by atoms with Crippen LogP contribution >= 0.6 is 0 Å². The van der Waals surface area contributed by atoms with Crippen molar-refractivity contribution in [2.45, 2.75) is 0 Å². The number of aromatic amines is 1. The second kappa shape index (κ2) is 4.08. The van der Waals surface area contributed by atoms with Gasteiger partial charge in [0.05, 0.1) is 18.6 Å². The lowest BCUT2D eigenvalue weighted by Crippen LogP contribution is -2.54. The summed E-state index contributed by atoms with van der Waals surface area (Å²) in [5, 5.41) is 26.1. The summed E-state index contributed by atoms with van der Waals surface area (Å²) in [5.41, 5.74) is 2.87. The van der Waals surface area contributed by atoms with Crippen molar-refractivity contribution >= 4 is 11.8 Å². The Hall–Kier alpha value is -3.37. The first-order chi connectivity index (χ1) is 9.93. The molecule has 11 heteroatoms. The van der Waals surface area contributed by atoms with Crippen molar-refractivity contribution in [1.82, 2.24) is 40.4 Å². The summed E-state index contributed by atoms with van der Waals surface area (Å²) >= 11 is 0. The van der Waals surface area contributed by atoms with Crippen molar-refractivity contribution in [3.8, 4) is 0 Å². The Kier molecular flexibility index (Phi) is 2.15. The topological polar surface area (TPSA) is 108 Å². The fourth-order valence-electron chi connectivity index (χ4n) is 1.81. The van der Waals surface area contributed by atoms with Crippen LogP contribution in [-0.2, 0) is 0 Å². The molecule has 3 aromatic rings. The van der Waals surface area contributed by atoms with E-state index in [4.69, 9.17) is 0 Å². The molecule has 0 radical (unpaired) electrons. The second-order valence-corrected chi connectivity index (χ2v) is 3.85. The lowest BCUT2D eigenvalue weighted by atomic mass is 10.6. The van der Waals surface area contributed by atoms with Gasteiger partial charge in [-0.1, -0.05) is 0 Å². The average Bonchev–Trinajstić information content (AvgIpc) is 3.23. The van der Waals surface area contributed by atoms with Crippen molar-refractivity contribution in [3.05, 3.63) is 43.4 Å². The van der Waals surface area contributed by atoms with Crippen molar-refractivity contribution < 1.29 is 0 Å². The quantitative estimate of drug-likeness (QED) is 0.608. The highest BCUT2D eigenvalue weighted by Crippen LogP contribution is 2.14. The van der Waals surface area contributed by atoms with E-state index in [2.05, 4.69) is 36.1 Å². The Morgan fingerprint density at radius 2 is 2.00 bits per heavy atom. The number of hydrogen-bond donors (Lipinski definition) is 2. The van der Waals surface area contributed by atoms with Crippen LogP contribution in [0.25, 0.3) is 0 Å². The Balaban J connectivity index is 1.78. The summed E-state index contributed by atoms with van der Waals surface area (Å²) in [4.78, 5) is 1.61. The van der Waals surface area contributed by atoms with E-state index in [1.165, 1.54) is 0 Å². The highest BCUT2D eigenvalue weighted by atomic mass is 16.1. The smallest absolute Gasteiger partial charge is 0.260 e. The first-order valence-corrected chi connectivity index (χ1v) is 5.71. The molecule has 20 heavy (non-hydrogen) atoms. The third-order valence-corrected chi connectivity index (χ3v) is 2.66. The van der Waals surface area contributed by atoms with Gasteiger partial charge in [0.1, 0.15) is 12.7 Å². The summed E-state index contributed by atoms with van der Waals surface area (Å²) in [6.45, 7) is 0. The van der Waals surface area contributed by atoms with E-state index in [1.54, 1.807) is 56.9 Å². The molecule has 4 rings (SSSR count). The minimum Gasteiger partial charge on any atom is -0.260 e. The Morgan fingerprint density at radius 3 is 2.70 bits per heavy atom. The predicted molar refractivity (Wildman–Crippen MR) is 67.5 cm³/mol. The molecular weight excluding hydrogens is 262 g/mol. The molecule has 100 valence electrons. The summed E-state index contributed by atoms with van der Waals surface area (Å²) in [6, 6.07) is 3.61. The zero-order valence-electron chi connectivity index (χ0n) is 10.1. The van der Waals surface area contributed by atoms with E-state index < -0.39 is 0 Å². The summed E-state index contributed by atoms with van der Waals surface area (Å²) in [6.07, 6.45) is 8.21. The molecule has 0 saturated carbocycles. The molecule has 0 aliphatic carbocycles. The minimum absolute atomic E-state index is 0.535. The van der Waals surface area contributed by atoms with E-state index in [1.807, 2.05) is 6.07 Å². The standard InChI is InChI=1S/C9H9N11/c1-3-13-18(5-1)20-9(17-6-11-12-7-17)15-16-19(20)8-2-4-10-14-8/h1-7,16H,(H,10,14). The van der Waals surface area contributed by atoms with Gasteiger partial charge >= 0.3 is 0 Å². The second-order valence-electron chi connectivity index (χ2n) is 3.85. The number of aromatic nitrogens is 7. The summed E-state index contributed by atoms with van der Waals surface area (Å²) < 4.78 is 1.66. The Morgan fingerprint density at radius 1 is 1.10 bits per heavy atom. The van der Waals surface area contributed by atoms with Gasteiger partial charge in [-0.2, -0.15) is 20.5 Å². The number of hydrogen-bond acceptors (Lipinski definition) is 8. The summed E-state index contributed by atoms with van der Waals surface area (Å²) in [5.74, 6) is 1.24. The minimum atomic E-state index is 0.535. The molecule has 0 unspecified atom stereocenters. The Bertz CT molecular complexity index is 695. The lowest BCUT2D eigenvalue weighted by Gasteiger charge is -2.27. The van der Waals surface area contributed by atoms with Crippen molar-refractivity contribution in [1.29, 1.82) is 0 Å². The maximum atomic E-state index is 4.25. The number of rotatable bonds is 2. The van der Waals surface area contributed by atoms with Gasteiger partial charge in [-0.15, -0.1) is 25.5 Å². The number of anilines is 1. The van der Waals surface area contributed by atoms with Crippen molar-refractivity contribution in [3.63, 3.8) is 0 Å². The molecular formula is C9H9N11. The molecule has 0 aromatic carbocycles. The number of nitrogens with zero attached hydrogens (tertiary/aromatic N) is 9. The van der Waals surface area contributed by atoms with Crippen LogP contribution in [-0.4, -0.2) is 40.8 Å². The van der Waals surface area contributed by atoms with E-state index in [0.29, 0.717) is 11.8 Å². The van der Waals surface area contributed by atoms with Gasteiger partial charge in [0.25, 0.3) is 5.96 Å². The molecule has 0 fully saturated rings. The number of H-pyrrole nitrogens is 1. The third kappa shape index (κ3) is 1.50. The van der Waals surface area contributed by atoms with E-state index in [9.17, 15) is 0 Å². The molecule has 3 aromatic heterocycles. The maximum absolute atomic E-state index is 4.25. The van der Waals surface area contributed by atoms with Crippen LogP contribution in [0.4, 0.5) is 5.82 Å². The van der Waals surface area contributed by atoms with E-state index >= 15 is 0 Å². The van der Waals surface area contributed by atoms with Gasteiger partial charge in [0.15, 0.2) is 5.82 Å². The van der Waals surface area contributed by atoms with E-state index in [-0.39, 0.29) is 0 Å². The van der Waals surface area contributed by atoms with Gasteiger partial charge in [-0.3, -0.25) is 9.67 Å². The highest BCUT2D eigenvalue weighted by molar-refractivity contribution is 5.94. The molecule has 1 aliphatic heterocycles. The fourth-order valence-corrected chi connectivity index (χ4v) is 1.81. The van der Waals surface area contributed by atoms with Crippen molar-refractivity contribution in [2.75, 3.05) is 10.2 Å². The van der Waals surface area contributed by atoms with Gasteiger partial charge in [-0.05, 0) is 6.07 Å². The van der Waals surface area contributed by atoms with Crippen LogP contribution in [0.15, 0.2) is 48.5 Å². The van der Waals surface area contributed by atoms with Crippen LogP contribution < -0.4 is 15.8 Å². The van der Waals surface area contributed by atoms with Crippen LogP contribution in [0, 0.1) is 0 Å². The predicted octanol–water partition coefficient (Wildman–Crippen LogP) is -1.11. The van der Waals surface area contributed by atoms with Crippen LogP contribution in [0.5, 0.6) is 0 Å². The molecule has 0 bridgehead atoms. The largest absolute Gasteiger partial charge is 0.274 e. The lowest BCUT2D eigenvalue weighted by molar-refractivity contribution is 0.562. The van der Waals surface area contributed by atoms with Crippen LogP contribution in [0.3, 0.4) is 0 Å². The Labute approximate surface area is 112 Å². The van der Waals surface area contributed by atoms with Gasteiger partial charge in [-0.25, -0.2) is 0 Å². The zero-order valence-corrected chi connectivity index (χ0v) is 10.1. The molecule has 11 nitrogen and oxygen atoms in total. The first kappa shape index (κ1) is 10.5. The molecule has 1 aliphatic rings. The molecule has 0 amide bonds. The molecule has 0 atom stereocenters.